The minimum atomic E-state index is -0.384. The van der Waals surface area contributed by atoms with E-state index in [0.717, 1.165) is 0 Å². The predicted molar refractivity (Wildman–Crippen MR) is 78.1 cm³/mol. The van der Waals surface area contributed by atoms with Crippen molar-refractivity contribution in [1.82, 2.24) is 15.2 Å². The monoisotopic (exact) mass is 296 g/mol. The number of para-hydroxylation sites is 1. The second-order valence-electron chi connectivity index (χ2n) is 4.30. The van der Waals surface area contributed by atoms with E-state index < -0.39 is 0 Å². The molecular formula is C15H12N4O3. The van der Waals surface area contributed by atoms with Gasteiger partial charge in [0.05, 0.1) is 5.56 Å². The molecule has 0 aliphatic heterocycles. The lowest BCUT2D eigenvalue weighted by Crippen LogP contribution is -2.20. The number of hydrogen-bond acceptors (Lipinski definition) is 6. The quantitative estimate of drug-likeness (QED) is 0.775. The van der Waals surface area contributed by atoms with E-state index in [2.05, 4.69) is 20.5 Å². The molecule has 110 valence electrons. The Morgan fingerprint density at radius 3 is 2.77 bits per heavy atom. The fraction of sp³-hybridized carbons (Fsp3) is 0.0667. The molecule has 2 aromatic heterocycles. The van der Waals surface area contributed by atoms with Gasteiger partial charge in [0, 0.05) is 12.4 Å². The Labute approximate surface area is 126 Å². The van der Waals surface area contributed by atoms with Crippen molar-refractivity contribution in [2.24, 2.45) is 0 Å². The molecule has 0 saturated heterocycles. The molecule has 1 N–H and O–H groups in total. The number of amides is 1. The van der Waals surface area contributed by atoms with Crippen LogP contribution in [0.2, 0.25) is 0 Å². The number of carbonyl (C=O) groups is 1. The molecule has 2 heterocycles. The van der Waals surface area contributed by atoms with Gasteiger partial charge in [-0.15, -0.1) is 5.10 Å². The number of pyridine rings is 1. The van der Waals surface area contributed by atoms with Gasteiger partial charge < -0.3 is 9.15 Å². The first kappa shape index (κ1) is 13.7. The summed E-state index contributed by atoms with van der Waals surface area (Å²) in [6.45, 7) is -0.144. The van der Waals surface area contributed by atoms with E-state index >= 15 is 0 Å². The zero-order valence-corrected chi connectivity index (χ0v) is 11.5. The minimum Gasteiger partial charge on any atom is -0.484 e. The molecule has 0 saturated carbocycles. The lowest BCUT2D eigenvalue weighted by Gasteiger charge is -2.04. The second-order valence-corrected chi connectivity index (χ2v) is 4.30. The fourth-order valence-electron chi connectivity index (χ4n) is 1.70. The summed E-state index contributed by atoms with van der Waals surface area (Å²) in [4.78, 5) is 15.7. The molecule has 0 atom stereocenters. The smallest absolute Gasteiger partial charge is 0.322 e. The van der Waals surface area contributed by atoms with E-state index in [1.54, 1.807) is 36.7 Å². The first-order valence-corrected chi connectivity index (χ1v) is 6.53. The Morgan fingerprint density at radius 1 is 1.14 bits per heavy atom. The average Bonchev–Trinajstić information content (AvgIpc) is 3.03. The molecule has 22 heavy (non-hydrogen) atoms. The Morgan fingerprint density at radius 2 is 2.00 bits per heavy atom. The molecule has 0 spiro atoms. The van der Waals surface area contributed by atoms with E-state index in [9.17, 15) is 4.79 Å². The number of nitrogens with one attached hydrogen (secondary N) is 1. The van der Waals surface area contributed by atoms with Gasteiger partial charge in [-0.1, -0.05) is 23.3 Å². The summed E-state index contributed by atoms with van der Waals surface area (Å²) in [7, 11) is 0. The van der Waals surface area contributed by atoms with Crippen molar-refractivity contribution in [2.45, 2.75) is 0 Å². The fourth-order valence-corrected chi connectivity index (χ4v) is 1.70. The number of carbonyl (C=O) groups excluding carboxylic acids is 1. The van der Waals surface area contributed by atoms with E-state index in [1.807, 2.05) is 18.2 Å². The van der Waals surface area contributed by atoms with Gasteiger partial charge in [0.1, 0.15) is 5.75 Å². The third-order valence-electron chi connectivity index (χ3n) is 2.69. The van der Waals surface area contributed by atoms with Gasteiger partial charge in [0.15, 0.2) is 6.61 Å². The maximum Gasteiger partial charge on any atom is 0.322 e. The number of nitrogens with zero attached hydrogens (tertiary/aromatic N) is 3. The molecule has 0 radical (unpaired) electrons. The number of aromatic nitrogens is 3. The van der Waals surface area contributed by atoms with Gasteiger partial charge in [-0.05, 0) is 24.3 Å². The topological polar surface area (TPSA) is 90.1 Å². The zero-order chi connectivity index (χ0) is 15.2. The van der Waals surface area contributed by atoms with Crippen LogP contribution in [0.5, 0.6) is 5.75 Å². The van der Waals surface area contributed by atoms with Crippen LogP contribution in [0.15, 0.2) is 59.3 Å². The van der Waals surface area contributed by atoms with Crippen LogP contribution < -0.4 is 10.1 Å². The zero-order valence-electron chi connectivity index (χ0n) is 11.5. The number of hydrogen-bond donors (Lipinski definition) is 1. The molecule has 0 aliphatic rings. The highest BCUT2D eigenvalue weighted by Crippen LogP contribution is 2.18. The first-order chi connectivity index (χ1) is 10.8. The van der Waals surface area contributed by atoms with E-state index in [0.29, 0.717) is 11.3 Å². The van der Waals surface area contributed by atoms with E-state index in [4.69, 9.17) is 9.15 Å². The van der Waals surface area contributed by atoms with Gasteiger partial charge in [0.2, 0.25) is 0 Å². The van der Waals surface area contributed by atoms with Crippen molar-refractivity contribution >= 4 is 11.9 Å². The largest absolute Gasteiger partial charge is 0.484 e. The first-order valence-electron chi connectivity index (χ1n) is 6.53. The lowest BCUT2D eigenvalue weighted by molar-refractivity contribution is -0.118. The molecule has 0 aliphatic carbocycles. The van der Waals surface area contributed by atoms with Gasteiger partial charge >= 0.3 is 6.01 Å². The summed E-state index contributed by atoms with van der Waals surface area (Å²) in [5.41, 5.74) is 0.677. The van der Waals surface area contributed by atoms with Gasteiger partial charge in [-0.25, -0.2) is 0 Å². The molecule has 0 fully saturated rings. The average molecular weight is 296 g/mol. The summed E-state index contributed by atoms with van der Waals surface area (Å²) in [6, 6.07) is 12.6. The van der Waals surface area contributed by atoms with Crippen LogP contribution in [0.3, 0.4) is 0 Å². The number of ether oxygens (including phenoxy) is 1. The summed E-state index contributed by atoms with van der Waals surface area (Å²) < 4.78 is 10.7. The van der Waals surface area contributed by atoms with Crippen LogP contribution in [-0.2, 0) is 4.79 Å². The lowest BCUT2D eigenvalue weighted by atomic mass is 10.3. The standard InChI is InChI=1S/C15H12N4O3/c20-13(10-21-12-6-2-1-3-7-12)17-15-19-18-14(22-15)11-5-4-8-16-9-11/h1-9H,10H2,(H,17,19,20). The van der Waals surface area contributed by atoms with Crippen LogP contribution in [-0.4, -0.2) is 27.7 Å². The Bertz CT molecular complexity index is 744. The number of rotatable bonds is 5. The molecule has 3 aromatic rings. The van der Waals surface area contributed by atoms with Gasteiger partial charge in [-0.2, -0.15) is 0 Å². The van der Waals surface area contributed by atoms with Crippen molar-refractivity contribution in [2.75, 3.05) is 11.9 Å². The van der Waals surface area contributed by atoms with Crippen LogP contribution in [0.1, 0.15) is 0 Å². The molecule has 1 amide bonds. The number of anilines is 1. The summed E-state index contributed by atoms with van der Waals surface area (Å²) in [6.07, 6.45) is 3.24. The van der Waals surface area contributed by atoms with Crippen LogP contribution in [0.4, 0.5) is 6.01 Å². The highest BCUT2D eigenvalue weighted by molar-refractivity contribution is 5.89. The Balaban J connectivity index is 1.57. The van der Waals surface area contributed by atoms with Crippen molar-refractivity contribution in [3.8, 4) is 17.2 Å². The molecule has 7 heteroatoms. The summed E-state index contributed by atoms with van der Waals surface area (Å²) >= 11 is 0. The Kier molecular flexibility index (Phi) is 4.05. The third kappa shape index (κ3) is 3.45. The highest BCUT2D eigenvalue weighted by Gasteiger charge is 2.11. The van der Waals surface area contributed by atoms with Gasteiger partial charge in [0.25, 0.3) is 11.8 Å². The van der Waals surface area contributed by atoms with Crippen molar-refractivity contribution in [3.05, 3.63) is 54.9 Å². The molecule has 3 rings (SSSR count). The van der Waals surface area contributed by atoms with Crippen molar-refractivity contribution < 1.29 is 13.9 Å². The van der Waals surface area contributed by atoms with Crippen molar-refractivity contribution in [3.63, 3.8) is 0 Å². The van der Waals surface area contributed by atoms with Crippen LogP contribution in [0.25, 0.3) is 11.5 Å². The van der Waals surface area contributed by atoms with Crippen LogP contribution >= 0.6 is 0 Å². The highest BCUT2D eigenvalue weighted by atomic mass is 16.5. The molecule has 0 unspecified atom stereocenters. The number of benzene rings is 1. The van der Waals surface area contributed by atoms with Gasteiger partial charge in [-0.3, -0.25) is 15.1 Å². The maximum atomic E-state index is 11.8. The van der Waals surface area contributed by atoms with Crippen LogP contribution in [0, 0.1) is 0 Å². The summed E-state index contributed by atoms with van der Waals surface area (Å²) in [5.74, 6) is 0.511. The summed E-state index contributed by atoms with van der Waals surface area (Å²) in [5, 5.41) is 10.1. The van der Waals surface area contributed by atoms with E-state index in [-0.39, 0.29) is 24.4 Å². The maximum absolute atomic E-state index is 11.8. The molecule has 7 nitrogen and oxygen atoms in total. The Hall–Kier alpha value is -3.22. The third-order valence-corrected chi connectivity index (χ3v) is 2.69. The molecular weight excluding hydrogens is 284 g/mol. The van der Waals surface area contributed by atoms with Crippen molar-refractivity contribution in [1.29, 1.82) is 0 Å². The predicted octanol–water partition coefficient (Wildman–Crippen LogP) is 2.15. The molecule has 0 bridgehead atoms. The minimum absolute atomic E-state index is 0.0144. The normalized spacial score (nSPS) is 10.2. The second kappa shape index (κ2) is 6.49. The van der Waals surface area contributed by atoms with E-state index in [1.165, 1.54) is 0 Å². The SMILES string of the molecule is O=C(COc1ccccc1)Nc1nnc(-c2cccnc2)o1. The molecule has 1 aromatic carbocycles.